The van der Waals surface area contributed by atoms with Gasteiger partial charge in [-0.15, -0.1) is 0 Å². The van der Waals surface area contributed by atoms with E-state index in [9.17, 15) is 9.59 Å². The highest BCUT2D eigenvalue weighted by Crippen LogP contribution is 2.38. The number of aromatic nitrogens is 1. The Hall–Kier alpha value is -3.74. The van der Waals surface area contributed by atoms with Gasteiger partial charge in [0, 0.05) is 31.0 Å². The van der Waals surface area contributed by atoms with Crippen LogP contribution >= 0.6 is 0 Å². The Morgan fingerprint density at radius 2 is 1.79 bits per heavy atom. The van der Waals surface area contributed by atoms with Crippen LogP contribution in [0.4, 0.5) is 0 Å². The van der Waals surface area contributed by atoms with Crippen LogP contribution in [-0.4, -0.2) is 54.1 Å². The molecule has 1 aromatic heterocycles. The van der Waals surface area contributed by atoms with E-state index in [1.807, 2.05) is 71.2 Å². The number of fused-ring (bicyclic) bond motifs is 1. The fourth-order valence-corrected chi connectivity index (χ4v) is 5.69. The SMILES string of the molecule is COc1ccc(C(=O)N2CCC3(CCCCc4ccccc4OC[C@@H](C)NC3=O)CC2)cc1-n1cccc1. The van der Waals surface area contributed by atoms with Crippen LogP contribution < -0.4 is 14.8 Å². The van der Waals surface area contributed by atoms with Crippen molar-refractivity contribution in [1.29, 1.82) is 0 Å². The van der Waals surface area contributed by atoms with Crippen molar-refractivity contribution in [2.75, 3.05) is 26.8 Å². The number of nitrogens with zero attached hydrogens (tertiary/aromatic N) is 2. The number of hydrogen-bond acceptors (Lipinski definition) is 4. The molecule has 2 amide bonds. The number of carbonyl (C=O) groups is 2. The summed E-state index contributed by atoms with van der Waals surface area (Å²) in [7, 11) is 1.63. The number of piperidine rings is 1. The molecular weight excluding hydrogens is 478 g/mol. The Morgan fingerprint density at radius 3 is 2.55 bits per heavy atom. The highest BCUT2D eigenvalue weighted by molar-refractivity contribution is 5.95. The third kappa shape index (κ3) is 5.42. The second-order valence-electron chi connectivity index (χ2n) is 10.5. The van der Waals surface area contributed by atoms with E-state index >= 15 is 0 Å². The topological polar surface area (TPSA) is 72.8 Å². The van der Waals surface area contributed by atoms with Gasteiger partial charge in [0.25, 0.3) is 5.91 Å². The van der Waals surface area contributed by atoms with E-state index in [0.717, 1.165) is 37.1 Å². The summed E-state index contributed by atoms with van der Waals surface area (Å²) in [5.74, 6) is 1.70. The van der Waals surface area contributed by atoms with Gasteiger partial charge in [-0.1, -0.05) is 24.6 Å². The molecule has 0 radical (unpaired) electrons. The van der Waals surface area contributed by atoms with E-state index in [0.29, 0.717) is 43.9 Å². The quantitative estimate of drug-likeness (QED) is 0.532. The summed E-state index contributed by atoms with van der Waals surface area (Å²) < 4.78 is 13.5. The molecule has 0 bridgehead atoms. The molecule has 7 heteroatoms. The van der Waals surface area contributed by atoms with Crippen molar-refractivity contribution in [3.63, 3.8) is 0 Å². The number of aryl methyl sites for hydroxylation is 1. The Morgan fingerprint density at radius 1 is 1.03 bits per heavy atom. The molecule has 3 aromatic rings. The smallest absolute Gasteiger partial charge is 0.253 e. The van der Waals surface area contributed by atoms with Gasteiger partial charge in [0.15, 0.2) is 0 Å². The van der Waals surface area contributed by atoms with E-state index in [2.05, 4.69) is 17.4 Å². The van der Waals surface area contributed by atoms with Gasteiger partial charge < -0.3 is 24.3 Å². The van der Waals surface area contributed by atoms with Crippen LogP contribution in [0.2, 0.25) is 0 Å². The first-order valence-corrected chi connectivity index (χ1v) is 13.6. The number of likely N-dealkylation sites (tertiary alicyclic amines) is 1. The summed E-state index contributed by atoms with van der Waals surface area (Å²) in [6.07, 6.45) is 8.92. The highest BCUT2D eigenvalue weighted by Gasteiger charge is 2.42. The molecular formula is C31H37N3O4. The lowest BCUT2D eigenvalue weighted by Crippen LogP contribution is -2.52. The first kappa shape index (κ1) is 25.9. The first-order valence-electron chi connectivity index (χ1n) is 13.6. The Kier molecular flexibility index (Phi) is 7.72. The molecule has 0 unspecified atom stereocenters. The number of methoxy groups -OCH3 is 1. The maximum Gasteiger partial charge on any atom is 0.253 e. The Bertz CT molecular complexity index is 1260. The number of amides is 2. The van der Waals surface area contributed by atoms with Crippen molar-refractivity contribution >= 4 is 11.8 Å². The Balaban J connectivity index is 1.29. The minimum Gasteiger partial charge on any atom is -0.495 e. The number of rotatable bonds is 3. The second kappa shape index (κ2) is 11.3. The van der Waals surface area contributed by atoms with Crippen molar-refractivity contribution in [3.05, 3.63) is 78.1 Å². The number of hydrogen-bond donors (Lipinski definition) is 1. The van der Waals surface area contributed by atoms with Gasteiger partial charge in [-0.3, -0.25) is 9.59 Å². The van der Waals surface area contributed by atoms with Crippen LogP contribution in [0.5, 0.6) is 11.5 Å². The molecule has 2 aliphatic heterocycles. The zero-order valence-corrected chi connectivity index (χ0v) is 22.3. The van der Waals surface area contributed by atoms with Crippen LogP contribution in [0, 0.1) is 5.41 Å². The van der Waals surface area contributed by atoms with E-state index in [-0.39, 0.29) is 17.9 Å². The van der Waals surface area contributed by atoms with E-state index in [1.165, 1.54) is 5.56 Å². The molecule has 200 valence electrons. The maximum absolute atomic E-state index is 13.6. The van der Waals surface area contributed by atoms with Crippen molar-refractivity contribution in [1.82, 2.24) is 14.8 Å². The van der Waals surface area contributed by atoms with Gasteiger partial charge in [0.1, 0.15) is 18.1 Å². The van der Waals surface area contributed by atoms with E-state index in [1.54, 1.807) is 7.11 Å². The monoisotopic (exact) mass is 515 g/mol. The van der Waals surface area contributed by atoms with E-state index < -0.39 is 5.41 Å². The number of nitrogens with one attached hydrogen (secondary N) is 1. The zero-order chi connectivity index (χ0) is 26.5. The third-order valence-corrected chi connectivity index (χ3v) is 7.99. The average molecular weight is 516 g/mol. The van der Waals surface area contributed by atoms with Gasteiger partial charge in [0.2, 0.25) is 5.91 Å². The maximum atomic E-state index is 13.6. The molecule has 38 heavy (non-hydrogen) atoms. The molecule has 5 rings (SSSR count). The molecule has 1 N–H and O–H groups in total. The van der Waals surface area contributed by atoms with Crippen molar-refractivity contribution in [2.24, 2.45) is 5.41 Å². The molecule has 0 aliphatic carbocycles. The van der Waals surface area contributed by atoms with Crippen LogP contribution in [-0.2, 0) is 11.2 Å². The fraction of sp³-hybridized carbons (Fsp3) is 0.419. The lowest BCUT2D eigenvalue weighted by molar-refractivity contribution is -0.135. The first-order chi connectivity index (χ1) is 18.5. The normalized spacial score (nSPS) is 19.9. The van der Waals surface area contributed by atoms with Crippen LogP contribution in [0.3, 0.4) is 0 Å². The van der Waals surface area contributed by atoms with Crippen LogP contribution in [0.15, 0.2) is 67.0 Å². The lowest BCUT2D eigenvalue weighted by Gasteiger charge is -2.41. The van der Waals surface area contributed by atoms with Gasteiger partial charge >= 0.3 is 0 Å². The molecule has 1 fully saturated rings. The number of benzene rings is 2. The lowest BCUT2D eigenvalue weighted by atomic mass is 9.73. The number of ether oxygens (including phenoxy) is 2. The minimum absolute atomic E-state index is 0.0113. The molecule has 0 saturated carbocycles. The zero-order valence-electron chi connectivity index (χ0n) is 22.3. The third-order valence-electron chi connectivity index (χ3n) is 7.99. The Labute approximate surface area is 224 Å². The molecule has 2 aliphatic rings. The predicted octanol–water partition coefficient (Wildman–Crippen LogP) is 5.02. The van der Waals surface area contributed by atoms with Crippen molar-refractivity contribution in [2.45, 2.75) is 51.5 Å². The minimum atomic E-state index is -0.458. The largest absolute Gasteiger partial charge is 0.495 e. The van der Waals surface area contributed by atoms with Crippen molar-refractivity contribution < 1.29 is 19.1 Å². The van der Waals surface area contributed by atoms with Gasteiger partial charge in [-0.2, -0.15) is 0 Å². The number of para-hydroxylation sites is 1. The molecule has 1 saturated heterocycles. The summed E-state index contributed by atoms with van der Waals surface area (Å²) >= 11 is 0. The van der Waals surface area contributed by atoms with Crippen LogP contribution in [0.25, 0.3) is 5.69 Å². The molecule has 1 spiro atoms. The van der Waals surface area contributed by atoms with Gasteiger partial charge in [0.05, 0.1) is 24.3 Å². The molecule has 3 heterocycles. The standard InChI is InChI=1S/C31H37N3O4/c1-23-22-38-27-11-4-3-9-24(27)10-5-6-14-31(30(36)32-23)15-19-34(20-16-31)29(35)25-12-13-28(37-2)26(21-25)33-17-7-8-18-33/h3-4,7-9,11-13,17-18,21,23H,5-6,10,14-16,19-20,22H2,1-2H3,(H,32,36)/t23-/m1/s1. The van der Waals surface area contributed by atoms with Crippen molar-refractivity contribution in [3.8, 4) is 17.2 Å². The van der Waals surface area contributed by atoms with Gasteiger partial charge in [-0.25, -0.2) is 0 Å². The van der Waals surface area contributed by atoms with Crippen LogP contribution in [0.1, 0.15) is 54.9 Å². The van der Waals surface area contributed by atoms with Gasteiger partial charge in [-0.05, 0) is 81.0 Å². The fourth-order valence-electron chi connectivity index (χ4n) is 5.69. The number of carbonyl (C=O) groups excluding carboxylic acids is 2. The second-order valence-corrected chi connectivity index (χ2v) is 10.5. The molecule has 7 nitrogen and oxygen atoms in total. The molecule has 1 atom stereocenters. The average Bonchev–Trinajstić information content (AvgIpc) is 3.49. The summed E-state index contributed by atoms with van der Waals surface area (Å²) in [5.41, 5.74) is 2.21. The summed E-state index contributed by atoms with van der Waals surface area (Å²) in [6, 6.07) is 17.5. The highest BCUT2D eigenvalue weighted by atomic mass is 16.5. The molecule has 2 aromatic carbocycles. The van der Waals surface area contributed by atoms with E-state index in [4.69, 9.17) is 9.47 Å². The summed E-state index contributed by atoms with van der Waals surface area (Å²) in [4.78, 5) is 29.0. The summed E-state index contributed by atoms with van der Waals surface area (Å²) in [6.45, 7) is 3.55. The summed E-state index contributed by atoms with van der Waals surface area (Å²) in [5, 5.41) is 3.22. The predicted molar refractivity (Wildman–Crippen MR) is 147 cm³/mol.